The second kappa shape index (κ2) is 8.23. The van der Waals surface area contributed by atoms with E-state index in [0.717, 1.165) is 41.2 Å². The smallest absolute Gasteiger partial charge is 0.229 e. The number of rotatable bonds is 4. The summed E-state index contributed by atoms with van der Waals surface area (Å²) in [6.07, 6.45) is 3.74. The first-order valence-corrected chi connectivity index (χ1v) is 8.76. The van der Waals surface area contributed by atoms with Crippen LogP contribution in [-0.4, -0.2) is 30.2 Å². The van der Waals surface area contributed by atoms with Gasteiger partial charge in [-0.25, -0.2) is 4.98 Å². The molecule has 5 nitrogen and oxygen atoms in total. The molecule has 26 heavy (non-hydrogen) atoms. The fraction of sp³-hybridized carbons (Fsp3) is 0.300. The highest BCUT2D eigenvalue weighted by Gasteiger charge is 2.17. The number of para-hydroxylation sites is 1. The van der Waals surface area contributed by atoms with Gasteiger partial charge in [0.2, 0.25) is 5.95 Å². The van der Waals surface area contributed by atoms with Gasteiger partial charge in [0.15, 0.2) is 0 Å². The number of hydrogen-bond donors (Lipinski definition) is 1. The molecule has 1 aliphatic heterocycles. The molecule has 0 saturated carbocycles. The quantitative estimate of drug-likeness (QED) is 0.715. The average molecular weight is 371 g/mol. The number of nitrogens with zero attached hydrogens (tertiary/aromatic N) is 3. The highest BCUT2D eigenvalue weighted by atomic mass is 35.5. The van der Waals surface area contributed by atoms with Gasteiger partial charge >= 0.3 is 0 Å². The number of benzene rings is 2. The predicted molar refractivity (Wildman–Crippen MR) is 109 cm³/mol. The summed E-state index contributed by atoms with van der Waals surface area (Å²) in [6.45, 7) is 2.11. The van der Waals surface area contributed by atoms with Gasteiger partial charge < -0.3 is 15.0 Å². The highest BCUT2D eigenvalue weighted by molar-refractivity contribution is 5.90. The summed E-state index contributed by atoms with van der Waals surface area (Å²) in [7, 11) is 1.67. The van der Waals surface area contributed by atoms with E-state index in [1.807, 2.05) is 42.5 Å². The molecule has 1 N–H and O–H groups in total. The predicted octanol–water partition coefficient (Wildman–Crippen LogP) is 4.79. The number of halogens is 1. The average Bonchev–Trinajstić information content (AvgIpc) is 2.68. The van der Waals surface area contributed by atoms with Gasteiger partial charge in [0, 0.05) is 30.2 Å². The molecular weight excluding hydrogens is 348 g/mol. The Morgan fingerprint density at radius 3 is 2.58 bits per heavy atom. The maximum absolute atomic E-state index is 5.29. The standard InChI is InChI=1S/C20H22N4O.ClH/c1-25-16-9-7-8-15(14-16)21-20-22-18-11-4-3-10-17(18)19(23-20)24-12-5-2-6-13-24;/h3-4,7-11,14H,2,5-6,12-13H2,1H3,(H,21,22,23);1H. The van der Waals surface area contributed by atoms with Gasteiger partial charge in [-0.15, -0.1) is 12.4 Å². The monoisotopic (exact) mass is 370 g/mol. The molecule has 0 amide bonds. The van der Waals surface area contributed by atoms with E-state index in [-0.39, 0.29) is 12.4 Å². The fourth-order valence-corrected chi connectivity index (χ4v) is 3.29. The van der Waals surface area contributed by atoms with Gasteiger partial charge in [0.1, 0.15) is 11.6 Å². The molecule has 2 heterocycles. The SMILES string of the molecule is COc1cccc(Nc2nc(N3CCCCC3)c3ccccc3n2)c1.Cl. The van der Waals surface area contributed by atoms with E-state index in [2.05, 4.69) is 16.3 Å². The van der Waals surface area contributed by atoms with Crippen LogP contribution < -0.4 is 15.0 Å². The van der Waals surface area contributed by atoms with Gasteiger partial charge in [-0.2, -0.15) is 4.98 Å². The van der Waals surface area contributed by atoms with Crippen molar-refractivity contribution in [1.29, 1.82) is 0 Å². The number of methoxy groups -OCH3 is 1. The molecule has 0 aliphatic carbocycles. The molecule has 0 spiro atoms. The Hall–Kier alpha value is -2.53. The van der Waals surface area contributed by atoms with Crippen molar-refractivity contribution in [3.63, 3.8) is 0 Å². The van der Waals surface area contributed by atoms with Crippen LogP contribution in [0.15, 0.2) is 48.5 Å². The lowest BCUT2D eigenvalue weighted by atomic mass is 10.1. The number of ether oxygens (including phenoxy) is 1. The second-order valence-electron chi connectivity index (χ2n) is 6.29. The van der Waals surface area contributed by atoms with Crippen LogP contribution in [0.1, 0.15) is 19.3 Å². The largest absolute Gasteiger partial charge is 0.497 e. The molecule has 1 aromatic heterocycles. The molecule has 2 aromatic carbocycles. The molecule has 1 saturated heterocycles. The lowest BCUT2D eigenvalue weighted by molar-refractivity contribution is 0.415. The van der Waals surface area contributed by atoms with Crippen molar-refractivity contribution in [2.45, 2.75) is 19.3 Å². The van der Waals surface area contributed by atoms with Crippen molar-refractivity contribution in [2.75, 3.05) is 30.4 Å². The van der Waals surface area contributed by atoms with Crippen molar-refractivity contribution >= 4 is 40.8 Å². The van der Waals surface area contributed by atoms with Gasteiger partial charge in [-0.1, -0.05) is 18.2 Å². The van der Waals surface area contributed by atoms with E-state index < -0.39 is 0 Å². The molecule has 136 valence electrons. The normalized spacial score (nSPS) is 14.0. The Bertz CT molecular complexity index is 881. The summed E-state index contributed by atoms with van der Waals surface area (Å²) >= 11 is 0. The Morgan fingerprint density at radius 1 is 0.962 bits per heavy atom. The topological polar surface area (TPSA) is 50.3 Å². The van der Waals surface area contributed by atoms with E-state index in [0.29, 0.717) is 5.95 Å². The minimum atomic E-state index is 0. The van der Waals surface area contributed by atoms with Crippen molar-refractivity contribution in [3.8, 4) is 5.75 Å². The molecule has 0 atom stereocenters. The Kier molecular flexibility index (Phi) is 5.78. The van der Waals surface area contributed by atoms with Crippen LogP contribution in [0.2, 0.25) is 0 Å². The molecule has 0 radical (unpaired) electrons. The number of anilines is 3. The zero-order chi connectivity index (χ0) is 17.1. The van der Waals surface area contributed by atoms with E-state index in [1.165, 1.54) is 19.3 Å². The van der Waals surface area contributed by atoms with Crippen LogP contribution in [0.4, 0.5) is 17.5 Å². The van der Waals surface area contributed by atoms with E-state index in [4.69, 9.17) is 14.7 Å². The lowest BCUT2D eigenvalue weighted by Crippen LogP contribution is -2.30. The van der Waals surface area contributed by atoms with Crippen LogP contribution in [0, 0.1) is 0 Å². The third-order valence-corrected chi connectivity index (χ3v) is 4.56. The third kappa shape index (κ3) is 3.83. The van der Waals surface area contributed by atoms with Crippen LogP contribution in [0.5, 0.6) is 5.75 Å². The number of nitrogens with one attached hydrogen (secondary N) is 1. The van der Waals surface area contributed by atoms with Crippen molar-refractivity contribution in [2.24, 2.45) is 0 Å². The van der Waals surface area contributed by atoms with Gasteiger partial charge in [-0.05, 0) is 43.5 Å². The fourth-order valence-electron chi connectivity index (χ4n) is 3.29. The second-order valence-corrected chi connectivity index (χ2v) is 6.29. The molecule has 1 fully saturated rings. The van der Waals surface area contributed by atoms with E-state index >= 15 is 0 Å². The van der Waals surface area contributed by atoms with Gasteiger partial charge in [0.05, 0.1) is 12.6 Å². The molecule has 3 aromatic rings. The Balaban J connectivity index is 0.00000196. The third-order valence-electron chi connectivity index (χ3n) is 4.56. The zero-order valence-corrected chi connectivity index (χ0v) is 15.6. The maximum Gasteiger partial charge on any atom is 0.229 e. The number of fused-ring (bicyclic) bond motifs is 1. The van der Waals surface area contributed by atoms with E-state index in [9.17, 15) is 0 Å². The lowest BCUT2D eigenvalue weighted by Gasteiger charge is -2.29. The van der Waals surface area contributed by atoms with Gasteiger partial charge in [0.25, 0.3) is 0 Å². The summed E-state index contributed by atoms with van der Waals surface area (Å²) in [5, 5.41) is 4.43. The number of aromatic nitrogens is 2. The molecule has 6 heteroatoms. The van der Waals surface area contributed by atoms with Crippen molar-refractivity contribution in [1.82, 2.24) is 9.97 Å². The summed E-state index contributed by atoms with van der Waals surface area (Å²) in [4.78, 5) is 11.9. The van der Waals surface area contributed by atoms with Crippen LogP contribution in [0.25, 0.3) is 10.9 Å². The molecule has 0 unspecified atom stereocenters. The Labute approximate surface area is 159 Å². The zero-order valence-electron chi connectivity index (χ0n) is 14.8. The first-order valence-electron chi connectivity index (χ1n) is 8.76. The Morgan fingerprint density at radius 2 is 1.77 bits per heavy atom. The van der Waals surface area contributed by atoms with Crippen molar-refractivity contribution in [3.05, 3.63) is 48.5 Å². The minimum absolute atomic E-state index is 0. The van der Waals surface area contributed by atoms with Crippen LogP contribution >= 0.6 is 12.4 Å². The summed E-state index contributed by atoms with van der Waals surface area (Å²) in [5.74, 6) is 2.45. The molecule has 0 bridgehead atoms. The van der Waals surface area contributed by atoms with Crippen LogP contribution in [0.3, 0.4) is 0 Å². The highest BCUT2D eigenvalue weighted by Crippen LogP contribution is 2.29. The van der Waals surface area contributed by atoms with Crippen LogP contribution in [-0.2, 0) is 0 Å². The van der Waals surface area contributed by atoms with Gasteiger partial charge in [-0.3, -0.25) is 0 Å². The van der Waals surface area contributed by atoms with E-state index in [1.54, 1.807) is 7.11 Å². The molecule has 4 rings (SSSR count). The maximum atomic E-state index is 5.29. The first kappa shape index (κ1) is 18.3. The number of hydrogen-bond acceptors (Lipinski definition) is 5. The molecule has 1 aliphatic rings. The van der Waals surface area contributed by atoms with Crippen molar-refractivity contribution < 1.29 is 4.74 Å². The summed E-state index contributed by atoms with van der Waals surface area (Å²) in [5.41, 5.74) is 1.88. The minimum Gasteiger partial charge on any atom is -0.497 e. The first-order chi connectivity index (χ1) is 12.3. The molecular formula is C20H23ClN4O. The summed E-state index contributed by atoms with van der Waals surface area (Å²) < 4.78 is 5.29. The summed E-state index contributed by atoms with van der Waals surface area (Å²) in [6, 6.07) is 16.0. The number of piperidine rings is 1.